The van der Waals surface area contributed by atoms with Crippen molar-refractivity contribution >= 4 is 57.8 Å². The van der Waals surface area contributed by atoms with Crippen LogP contribution in [0.2, 0.25) is 5.02 Å². The highest BCUT2D eigenvalue weighted by Gasteiger charge is 2.34. The smallest absolute Gasteiger partial charge is 0.285 e. The molecule has 0 radical (unpaired) electrons. The van der Waals surface area contributed by atoms with E-state index >= 15 is 0 Å². The fourth-order valence-corrected chi connectivity index (χ4v) is 3.71. The molecule has 1 fully saturated rings. The third kappa shape index (κ3) is 4.73. The topological polar surface area (TPSA) is 58.6 Å². The molecule has 1 saturated heterocycles. The van der Waals surface area contributed by atoms with Crippen molar-refractivity contribution in [2.45, 2.75) is 13.3 Å². The zero-order valence-corrected chi connectivity index (χ0v) is 17.4. The summed E-state index contributed by atoms with van der Waals surface area (Å²) < 4.78 is 5.98. The SMILES string of the molecule is CCCOc1ccccc1/C=C1/SC(=S)N(NC(=O)c2ccc(Cl)cc2)C1=O. The summed E-state index contributed by atoms with van der Waals surface area (Å²) in [6.45, 7) is 2.61. The van der Waals surface area contributed by atoms with E-state index < -0.39 is 5.91 Å². The van der Waals surface area contributed by atoms with Gasteiger partial charge in [-0.1, -0.05) is 48.5 Å². The van der Waals surface area contributed by atoms with E-state index in [1.807, 2.05) is 31.2 Å². The minimum Gasteiger partial charge on any atom is -0.493 e. The maximum atomic E-state index is 12.7. The molecular formula is C20H17ClN2O3S2. The zero-order chi connectivity index (χ0) is 20.1. The molecule has 2 amide bonds. The first-order valence-corrected chi connectivity index (χ1v) is 10.2. The van der Waals surface area contributed by atoms with Gasteiger partial charge in [0.15, 0.2) is 4.32 Å². The average Bonchev–Trinajstić information content (AvgIpc) is 2.95. The molecule has 5 nitrogen and oxygen atoms in total. The number of hydrazine groups is 1. The number of halogens is 1. The van der Waals surface area contributed by atoms with Crippen LogP contribution in [0.4, 0.5) is 0 Å². The van der Waals surface area contributed by atoms with E-state index in [1.54, 1.807) is 30.3 Å². The van der Waals surface area contributed by atoms with Crippen molar-refractivity contribution in [3.8, 4) is 5.75 Å². The summed E-state index contributed by atoms with van der Waals surface area (Å²) >= 11 is 12.2. The average molecular weight is 433 g/mol. The monoisotopic (exact) mass is 432 g/mol. The van der Waals surface area contributed by atoms with Crippen LogP contribution in [-0.2, 0) is 4.79 Å². The predicted octanol–water partition coefficient (Wildman–Crippen LogP) is 4.68. The van der Waals surface area contributed by atoms with Crippen molar-refractivity contribution in [2.24, 2.45) is 0 Å². The third-order valence-corrected chi connectivity index (χ3v) is 5.33. The lowest BCUT2D eigenvalue weighted by atomic mass is 10.2. The van der Waals surface area contributed by atoms with Gasteiger partial charge in [0.25, 0.3) is 11.8 Å². The Kier molecular flexibility index (Phi) is 6.72. The number of para-hydroxylation sites is 1. The molecule has 1 N–H and O–H groups in total. The van der Waals surface area contributed by atoms with Crippen molar-refractivity contribution in [2.75, 3.05) is 6.61 Å². The summed E-state index contributed by atoms with van der Waals surface area (Å²) in [7, 11) is 0. The number of nitrogens with zero attached hydrogens (tertiary/aromatic N) is 1. The molecule has 0 aliphatic carbocycles. The number of carbonyl (C=O) groups excluding carboxylic acids is 2. The van der Waals surface area contributed by atoms with Crippen LogP contribution in [0.15, 0.2) is 53.4 Å². The van der Waals surface area contributed by atoms with E-state index in [9.17, 15) is 9.59 Å². The van der Waals surface area contributed by atoms with Gasteiger partial charge < -0.3 is 4.74 Å². The van der Waals surface area contributed by atoms with Crippen LogP contribution in [0, 0.1) is 0 Å². The Hall–Kier alpha value is -2.35. The maximum Gasteiger partial charge on any atom is 0.285 e. The van der Waals surface area contributed by atoms with E-state index in [4.69, 9.17) is 28.6 Å². The molecular weight excluding hydrogens is 416 g/mol. The quantitative estimate of drug-likeness (QED) is 0.530. The molecule has 0 unspecified atom stereocenters. The first-order valence-electron chi connectivity index (χ1n) is 8.56. The van der Waals surface area contributed by atoms with Gasteiger partial charge >= 0.3 is 0 Å². The molecule has 8 heteroatoms. The van der Waals surface area contributed by atoms with E-state index in [2.05, 4.69) is 5.43 Å². The van der Waals surface area contributed by atoms with Crippen molar-refractivity contribution < 1.29 is 14.3 Å². The van der Waals surface area contributed by atoms with E-state index in [0.717, 1.165) is 28.8 Å². The molecule has 0 atom stereocenters. The number of carbonyl (C=O) groups is 2. The largest absolute Gasteiger partial charge is 0.493 e. The van der Waals surface area contributed by atoms with Gasteiger partial charge in [-0.15, -0.1) is 0 Å². The van der Waals surface area contributed by atoms with Crippen molar-refractivity contribution in [3.63, 3.8) is 0 Å². The van der Waals surface area contributed by atoms with E-state index in [-0.39, 0.29) is 10.2 Å². The summed E-state index contributed by atoms with van der Waals surface area (Å²) in [5, 5.41) is 1.60. The number of amides is 2. The molecule has 28 heavy (non-hydrogen) atoms. The second-order valence-electron chi connectivity index (χ2n) is 5.85. The number of hydrogen-bond acceptors (Lipinski definition) is 5. The standard InChI is InChI=1S/C20H17ClN2O3S2/c1-2-11-26-16-6-4-3-5-14(16)12-17-19(25)23(20(27)28-17)22-18(24)13-7-9-15(21)10-8-13/h3-10,12H,2,11H2,1H3,(H,22,24)/b17-12+. The number of thiocarbonyl (C=S) groups is 1. The first kappa shape index (κ1) is 20.4. The third-order valence-electron chi connectivity index (χ3n) is 3.78. The lowest BCUT2D eigenvalue weighted by Gasteiger charge is -2.15. The van der Waals surface area contributed by atoms with Crippen LogP contribution in [-0.4, -0.2) is 27.8 Å². The van der Waals surface area contributed by atoms with Gasteiger partial charge in [-0.25, -0.2) is 0 Å². The fraction of sp³-hybridized carbons (Fsp3) is 0.150. The van der Waals surface area contributed by atoms with Gasteiger partial charge in [0, 0.05) is 16.1 Å². The van der Waals surface area contributed by atoms with Crippen molar-refractivity contribution in [1.82, 2.24) is 10.4 Å². The maximum absolute atomic E-state index is 12.7. The second-order valence-corrected chi connectivity index (χ2v) is 7.96. The Morgan fingerprint density at radius 1 is 1.25 bits per heavy atom. The highest BCUT2D eigenvalue weighted by molar-refractivity contribution is 8.26. The Labute approximate surface area is 177 Å². The summed E-state index contributed by atoms with van der Waals surface area (Å²) in [6.07, 6.45) is 2.60. The lowest BCUT2D eigenvalue weighted by Crippen LogP contribution is -2.44. The summed E-state index contributed by atoms with van der Waals surface area (Å²) in [4.78, 5) is 25.5. The fourth-order valence-electron chi connectivity index (χ4n) is 2.42. The van der Waals surface area contributed by atoms with Crippen LogP contribution in [0.5, 0.6) is 5.75 Å². The van der Waals surface area contributed by atoms with Crippen molar-refractivity contribution in [3.05, 3.63) is 69.6 Å². The molecule has 1 aliphatic rings. The van der Waals surface area contributed by atoms with Gasteiger partial charge in [-0.05, 0) is 55.0 Å². The summed E-state index contributed by atoms with van der Waals surface area (Å²) in [5.74, 6) is -0.136. The molecule has 0 bridgehead atoms. The number of hydrogen-bond donors (Lipinski definition) is 1. The normalized spacial score (nSPS) is 15.2. The van der Waals surface area contributed by atoms with Crippen LogP contribution in [0.3, 0.4) is 0 Å². The zero-order valence-electron chi connectivity index (χ0n) is 15.0. The highest BCUT2D eigenvalue weighted by Crippen LogP contribution is 2.33. The second kappa shape index (κ2) is 9.23. The van der Waals surface area contributed by atoms with E-state index in [1.165, 1.54) is 0 Å². The number of rotatable bonds is 6. The molecule has 3 rings (SSSR count). The van der Waals surface area contributed by atoms with Crippen LogP contribution in [0.25, 0.3) is 6.08 Å². The minimum absolute atomic E-state index is 0.255. The van der Waals surface area contributed by atoms with Crippen LogP contribution in [0.1, 0.15) is 29.3 Å². The number of thioether (sulfide) groups is 1. The summed E-state index contributed by atoms with van der Waals surface area (Å²) in [6, 6.07) is 13.8. The first-order chi connectivity index (χ1) is 13.5. The van der Waals surface area contributed by atoms with Gasteiger partial charge in [0.1, 0.15) is 5.75 Å². The molecule has 1 heterocycles. The minimum atomic E-state index is -0.444. The molecule has 144 valence electrons. The van der Waals surface area contributed by atoms with Gasteiger partial charge in [-0.3, -0.25) is 15.0 Å². The Bertz CT molecular complexity index is 945. The van der Waals surface area contributed by atoms with E-state index in [0.29, 0.717) is 27.8 Å². The lowest BCUT2D eigenvalue weighted by molar-refractivity contribution is -0.123. The van der Waals surface area contributed by atoms with Crippen LogP contribution >= 0.6 is 35.6 Å². The molecule has 0 saturated carbocycles. The molecule has 2 aromatic rings. The van der Waals surface area contributed by atoms with Crippen LogP contribution < -0.4 is 10.2 Å². The molecule has 1 aliphatic heterocycles. The highest BCUT2D eigenvalue weighted by atomic mass is 35.5. The molecule has 2 aromatic carbocycles. The molecule has 0 aromatic heterocycles. The van der Waals surface area contributed by atoms with Gasteiger partial charge in [0.2, 0.25) is 0 Å². The Balaban J connectivity index is 1.77. The molecule has 0 spiro atoms. The van der Waals surface area contributed by atoms with Gasteiger partial charge in [0.05, 0.1) is 11.5 Å². The number of nitrogens with one attached hydrogen (secondary N) is 1. The Morgan fingerprint density at radius 2 is 1.96 bits per heavy atom. The van der Waals surface area contributed by atoms with Gasteiger partial charge in [-0.2, -0.15) is 5.01 Å². The Morgan fingerprint density at radius 3 is 2.68 bits per heavy atom. The van der Waals surface area contributed by atoms with Crippen molar-refractivity contribution in [1.29, 1.82) is 0 Å². The predicted molar refractivity (Wildman–Crippen MR) is 116 cm³/mol. The number of benzene rings is 2. The summed E-state index contributed by atoms with van der Waals surface area (Å²) in [5.41, 5.74) is 3.70. The number of ether oxygens (including phenoxy) is 1.